The van der Waals surface area contributed by atoms with Crippen molar-refractivity contribution in [1.29, 1.82) is 5.26 Å². The average Bonchev–Trinajstić information content (AvgIpc) is 2.62. The summed E-state index contributed by atoms with van der Waals surface area (Å²) in [6, 6.07) is 1.94. The van der Waals surface area contributed by atoms with E-state index in [1.54, 1.807) is 0 Å². The molecule has 0 saturated carbocycles. The number of nitriles is 1. The molecular formula is C11H17N5O2S. The Balaban J connectivity index is 2.58. The zero-order chi connectivity index (χ0) is 14.6. The lowest BCUT2D eigenvalue weighted by atomic mass is 10.1. The van der Waals surface area contributed by atoms with Crippen molar-refractivity contribution in [3.63, 3.8) is 0 Å². The van der Waals surface area contributed by atoms with Crippen molar-refractivity contribution >= 4 is 28.4 Å². The number of thiazole rings is 1. The molecule has 0 bridgehead atoms. The van der Waals surface area contributed by atoms with Crippen molar-refractivity contribution in [1.82, 2.24) is 9.88 Å². The molecule has 104 valence electrons. The molecule has 0 aliphatic carbocycles. The normalized spacial score (nSPS) is 10.8. The van der Waals surface area contributed by atoms with Gasteiger partial charge in [-0.2, -0.15) is 5.26 Å². The van der Waals surface area contributed by atoms with E-state index in [-0.39, 0.29) is 5.82 Å². The molecule has 4 N–H and O–H groups in total. The highest BCUT2D eigenvalue weighted by Gasteiger charge is 2.25. The molecule has 0 aliphatic heterocycles. The minimum atomic E-state index is -0.967. The molecule has 1 aromatic heterocycles. The van der Waals surface area contributed by atoms with Gasteiger partial charge in [-0.15, -0.1) is 0 Å². The molecule has 8 heteroatoms. The monoisotopic (exact) mass is 283 g/mol. The van der Waals surface area contributed by atoms with Crippen LogP contribution in [0.1, 0.15) is 25.6 Å². The third-order valence-electron chi connectivity index (χ3n) is 2.41. The van der Waals surface area contributed by atoms with Gasteiger partial charge in [0.1, 0.15) is 10.9 Å². The van der Waals surface area contributed by atoms with Crippen LogP contribution in [0.2, 0.25) is 0 Å². The van der Waals surface area contributed by atoms with Crippen LogP contribution in [-0.2, 0) is 0 Å². The Morgan fingerprint density at radius 3 is 2.68 bits per heavy atom. The number of hydrogen-bond donors (Lipinski definition) is 3. The third kappa shape index (κ3) is 3.99. The van der Waals surface area contributed by atoms with E-state index in [1.165, 1.54) is 4.90 Å². The maximum absolute atomic E-state index is 11.1. The van der Waals surface area contributed by atoms with Crippen molar-refractivity contribution in [3.05, 3.63) is 4.88 Å². The number of hydrogen-bond acceptors (Lipinski definition) is 6. The second kappa shape index (κ2) is 5.75. The Bertz CT molecular complexity index is 500. The summed E-state index contributed by atoms with van der Waals surface area (Å²) in [4.78, 5) is 16.8. The molecule has 1 heterocycles. The van der Waals surface area contributed by atoms with Crippen LogP contribution in [0.25, 0.3) is 0 Å². The SMILES string of the molecule is CC(C)(C)N(CCNc1nc(N)c(C#N)s1)C(=O)O. The summed E-state index contributed by atoms with van der Waals surface area (Å²) in [5, 5.41) is 21.4. The zero-order valence-corrected chi connectivity index (χ0v) is 11.9. The van der Waals surface area contributed by atoms with Crippen LogP contribution < -0.4 is 11.1 Å². The van der Waals surface area contributed by atoms with Gasteiger partial charge in [-0.25, -0.2) is 9.78 Å². The number of nitrogens with two attached hydrogens (primary N) is 1. The fourth-order valence-corrected chi connectivity index (χ4v) is 2.19. The molecule has 7 nitrogen and oxygen atoms in total. The van der Waals surface area contributed by atoms with Crippen LogP contribution in [-0.4, -0.2) is 39.7 Å². The molecule has 0 atom stereocenters. The fraction of sp³-hybridized carbons (Fsp3) is 0.545. The fourth-order valence-electron chi connectivity index (χ4n) is 1.48. The Hall–Kier alpha value is -2.01. The maximum atomic E-state index is 11.1. The molecule has 0 unspecified atom stereocenters. The summed E-state index contributed by atoms with van der Waals surface area (Å²) in [7, 11) is 0. The van der Waals surface area contributed by atoms with Crippen LogP contribution in [0.5, 0.6) is 0 Å². The quantitative estimate of drug-likeness (QED) is 0.775. The molecule has 1 amide bonds. The highest BCUT2D eigenvalue weighted by molar-refractivity contribution is 7.16. The molecule has 19 heavy (non-hydrogen) atoms. The van der Waals surface area contributed by atoms with E-state index in [0.717, 1.165) is 11.3 Å². The van der Waals surface area contributed by atoms with E-state index < -0.39 is 11.6 Å². The van der Waals surface area contributed by atoms with E-state index >= 15 is 0 Å². The summed E-state index contributed by atoms with van der Waals surface area (Å²) >= 11 is 1.15. The highest BCUT2D eigenvalue weighted by atomic mass is 32.1. The molecule has 0 spiro atoms. The van der Waals surface area contributed by atoms with Gasteiger partial charge in [0.05, 0.1) is 0 Å². The van der Waals surface area contributed by atoms with Gasteiger partial charge in [0.15, 0.2) is 10.9 Å². The number of anilines is 2. The number of carboxylic acid groups (broad SMARTS) is 1. The number of rotatable bonds is 4. The topological polar surface area (TPSA) is 115 Å². The molecular weight excluding hydrogens is 266 g/mol. The van der Waals surface area contributed by atoms with E-state index in [0.29, 0.717) is 23.1 Å². The van der Waals surface area contributed by atoms with Gasteiger partial charge in [0.25, 0.3) is 0 Å². The van der Waals surface area contributed by atoms with Crippen molar-refractivity contribution in [2.24, 2.45) is 0 Å². The lowest BCUT2D eigenvalue weighted by Gasteiger charge is -2.33. The first kappa shape index (κ1) is 15.0. The lowest BCUT2D eigenvalue weighted by molar-refractivity contribution is 0.103. The van der Waals surface area contributed by atoms with Crippen LogP contribution >= 0.6 is 11.3 Å². The molecule has 1 aromatic rings. The molecule has 0 aromatic carbocycles. The van der Waals surface area contributed by atoms with Crippen molar-refractivity contribution < 1.29 is 9.90 Å². The average molecular weight is 283 g/mol. The second-order valence-electron chi connectivity index (χ2n) is 4.88. The van der Waals surface area contributed by atoms with E-state index in [1.807, 2.05) is 26.8 Å². The molecule has 0 radical (unpaired) electrons. The van der Waals surface area contributed by atoms with Gasteiger partial charge in [0, 0.05) is 18.6 Å². The predicted octanol–water partition coefficient (Wildman–Crippen LogP) is 1.79. The van der Waals surface area contributed by atoms with Crippen molar-refractivity contribution in [2.75, 3.05) is 24.1 Å². The van der Waals surface area contributed by atoms with Crippen molar-refractivity contribution in [2.45, 2.75) is 26.3 Å². The first-order chi connectivity index (χ1) is 8.75. The van der Waals surface area contributed by atoms with Gasteiger partial charge >= 0.3 is 6.09 Å². The Kier molecular flexibility index (Phi) is 4.56. The van der Waals surface area contributed by atoms with Gasteiger partial charge in [-0.05, 0) is 20.8 Å². The first-order valence-corrected chi connectivity index (χ1v) is 6.48. The Labute approximate surface area is 115 Å². The molecule has 0 fully saturated rings. The number of aromatic nitrogens is 1. The standard InChI is InChI=1S/C11H17N5O2S/c1-11(2,3)16(10(17)18)5-4-14-9-15-8(13)7(6-12)19-9/h4-5,13H2,1-3H3,(H,14,15)(H,17,18). The Morgan fingerprint density at radius 1 is 1.63 bits per heavy atom. The maximum Gasteiger partial charge on any atom is 0.407 e. The van der Waals surface area contributed by atoms with E-state index in [9.17, 15) is 4.79 Å². The summed E-state index contributed by atoms with van der Waals surface area (Å²) in [5.74, 6) is 0.195. The van der Waals surface area contributed by atoms with Crippen LogP contribution in [0, 0.1) is 11.3 Å². The first-order valence-electron chi connectivity index (χ1n) is 5.66. The van der Waals surface area contributed by atoms with Gasteiger partial charge in [-0.3, -0.25) is 0 Å². The summed E-state index contributed by atoms with van der Waals surface area (Å²) in [5.41, 5.74) is 5.07. The molecule has 0 saturated heterocycles. The number of nitrogen functional groups attached to an aromatic ring is 1. The van der Waals surface area contributed by atoms with E-state index in [4.69, 9.17) is 16.1 Å². The second-order valence-corrected chi connectivity index (χ2v) is 5.88. The lowest BCUT2D eigenvalue weighted by Crippen LogP contribution is -2.47. The number of carbonyl (C=O) groups is 1. The number of nitrogens with zero attached hydrogens (tertiary/aromatic N) is 3. The van der Waals surface area contributed by atoms with Gasteiger partial charge in [-0.1, -0.05) is 11.3 Å². The molecule has 1 rings (SSSR count). The van der Waals surface area contributed by atoms with Crippen LogP contribution in [0.15, 0.2) is 0 Å². The third-order valence-corrected chi connectivity index (χ3v) is 3.34. The van der Waals surface area contributed by atoms with Crippen molar-refractivity contribution in [3.8, 4) is 6.07 Å². The van der Waals surface area contributed by atoms with Crippen LogP contribution in [0.4, 0.5) is 15.7 Å². The number of nitrogens with one attached hydrogen (secondary N) is 1. The van der Waals surface area contributed by atoms with Crippen LogP contribution in [0.3, 0.4) is 0 Å². The summed E-state index contributed by atoms with van der Waals surface area (Å²) in [6.45, 7) is 6.21. The Morgan fingerprint density at radius 2 is 2.26 bits per heavy atom. The van der Waals surface area contributed by atoms with E-state index in [2.05, 4.69) is 10.3 Å². The molecule has 0 aliphatic rings. The number of amides is 1. The van der Waals surface area contributed by atoms with Gasteiger partial charge < -0.3 is 21.1 Å². The summed E-state index contributed by atoms with van der Waals surface area (Å²) < 4.78 is 0. The largest absolute Gasteiger partial charge is 0.465 e. The minimum Gasteiger partial charge on any atom is -0.465 e. The summed E-state index contributed by atoms with van der Waals surface area (Å²) in [6.07, 6.45) is -0.967. The smallest absolute Gasteiger partial charge is 0.407 e. The highest BCUT2D eigenvalue weighted by Crippen LogP contribution is 2.23. The van der Waals surface area contributed by atoms with Gasteiger partial charge in [0.2, 0.25) is 0 Å². The minimum absolute atomic E-state index is 0.195. The predicted molar refractivity (Wildman–Crippen MR) is 74.2 cm³/mol. The zero-order valence-electron chi connectivity index (χ0n) is 11.1.